The smallest absolute Gasteiger partial charge is 0.339 e. The van der Waals surface area contributed by atoms with E-state index in [-0.39, 0.29) is 17.9 Å². The lowest BCUT2D eigenvalue weighted by molar-refractivity contribution is 0.0396. The van der Waals surface area contributed by atoms with Crippen molar-refractivity contribution in [3.05, 3.63) is 71.8 Å². The molecule has 7 nitrogen and oxygen atoms in total. The van der Waals surface area contributed by atoms with Gasteiger partial charge in [-0.05, 0) is 56.2 Å². The van der Waals surface area contributed by atoms with Gasteiger partial charge in [-0.2, -0.15) is 0 Å². The minimum Gasteiger partial charge on any atom is -0.465 e. The van der Waals surface area contributed by atoms with Gasteiger partial charge in [0.15, 0.2) is 0 Å². The molecule has 0 spiro atoms. The van der Waals surface area contributed by atoms with Crippen LogP contribution in [0.15, 0.2) is 59.3 Å². The highest BCUT2D eigenvalue weighted by Crippen LogP contribution is 2.45. The van der Waals surface area contributed by atoms with E-state index >= 15 is 0 Å². The average molecular weight is 512 g/mol. The van der Waals surface area contributed by atoms with Gasteiger partial charge in [-0.3, -0.25) is 4.98 Å². The molecule has 0 saturated carbocycles. The Hall–Kier alpha value is -3.71. The molecule has 1 fully saturated rings. The van der Waals surface area contributed by atoms with Crippen LogP contribution in [0, 0.1) is 31.6 Å². The number of aryl methyl sites for hydroxylation is 2. The van der Waals surface area contributed by atoms with Crippen LogP contribution in [0.25, 0.3) is 33.1 Å². The van der Waals surface area contributed by atoms with Gasteiger partial charge < -0.3 is 18.6 Å². The molecule has 3 aromatic heterocycles. The molecule has 6 rings (SSSR count). The summed E-state index contributed by atoms with van der Waals surface area (Å²) in [6.45, 7) is 7.73. The molecule has 38 heavy (non-hydrogen) atoms. The summed E-state index contributed by atoms with van der Waals surface area (Å²) in [5.41, 5.74) is 6.33. The van der Waals surface area contributed by atoms with Crippen molar-refractivity contribution in [1.82, 2.24) is 14.7 Å². The lowest BCUT2D eigenvalue weighted by Crippen LogP contribution is -2.33. The van der Waals surface area contributed by atoms with E-state index in [1.807, 2.05) is 19.9 Å². The van der Waals surface area contributed by atoms with Gasteiger partial charge in [-0.15, -0.1) is 0 Å². The summed E-state index contributed by atoms with van der Waals surface area (Å²) >= 11 is 0. The van der Waals surface area contributed by atoms with Gasteiger partial charge in [0.2, 0.25) is 0 Å². The number of benzene rings is 1. The zero-order chi connectivity index (χ0) is 26.4. The molecular weight excluding hydrogens is 478 g/mol. The second kappa shape index (κ2) is 9.87. The molecule has 0 bridgehead atoms. The summed E-state index contributed by atoms with van der Waals surface area (Å²) in [6.07, 6.45) is 12.5. The van der Waals surface area contributed by atoms with Crippen LogP contribution >= 0.6 is 0 Å². The van der Waals surface area contributed by atoms with Gasteiger partial charge in [0.1, 0.15) is 5.76 Å². The number of hydrogen-bond acceptors (Lipinski definition) is 6. The maximum Gasteiger partial charge on any atom is 0.339 e. The monoisotopic (exact) mass is 511 g/mol. The molecule has 1 aliphatic carbocycles. The van der Waals surface area contributed by atoms with Crippen molar-refractivity contribution in [2.24, 2.45) is 17.8 Å². The number of nitrogens with zero attached hydrogens (tertiary/aromatic N) is 3. The fourth-order valence-electron chi connectivity index (χ4n) is 6.42. The number of allylic oxidation sites excluding steroid dienone is 4. The van der Waals surface area contributed by atoms with E-state index in [2.05, 4.69) is 59.2 Å². The Kier molecular flexibility index (Phi) is 6.40. The number of esters is 1. The first kappa shape index (κ1) is 24.6. The maximum absolute atomic E-state index is 12.6. The third-order valence-electron chi connectivity index (χ3n) is 8.29. The third-order valence-corrected chi connectivity index (χ3v) is 8.29. The summed E-state index contributed by atoms with van der Waals surface area (Å²) in [5, 5.41) is 5.26. The fourth-order valence-corrected chi connectivity index (χ4v) is 6.42. The Balaban J connectivity index is 1.66. The van der Waals surface area contributed by atoms with Crippen LogP contribution in [0.3, 0.4) is 0 Å². The number of pyridine rings is 1. The first-order chi connectivity index (χ1) is 18.5. The van der Waals surface area contributed by atoms with E-state index in [0.29, 0.717) is 17.4 Å². The van der Waals surface area contributed by atoms with Crippen molar-refractivity contribution in [3.63, 3.8) is 0 Å². The van der Waals surface area contributed by atoms with Gasteiger partial charge >= 0.3 is 5.97 Å². The van der Waals surface area contributed by atoms with Crippen LogP contribution in [0.5, 0.6) is 0 Å². The topological polar surface area (TPSA) is 79.4 Å². The molecule has 0 amide bonds. The van der Waals surface area contributed by atoms with Crippen molar-refractivity contribution < 1.29 is 18.8 Å². The largest absolute Gasteiger partial charge is 0.465 e. The number of methoxy groups -OCH3 is 1. The first-order valence-electron chi connectivity index (χ1n) is 13.4. The summed E-state index contributed by atoms with van der Waals surface area (Å²) in [7, 11) is 1.41. The van der Waals surface area contributed by atoms with E-state index < -0.39 is 0 Å². The van der Waals surface area contributed by atoms with Crippen LogP contribution < -0.4 is 0 Å². The molecule has 3 unspecified atom stereocenters. The Morgan fingerprint density at radius 1 is 1.11 bits per heavy atom. The van der Waals surface area contributed by atoms with Crippen molar-refractivity contribution in [2.45, 2.75) is 39.7 Å². The zero-order valence-corrected chi connectivity index (χ0v) is 22.3. The SMILES string of the molecule is COC(=O)c1cnc2c3ccc(-c4c(C)noc4C)cc3n(C(C3CCOCC3)C3C=CC=CC3C)c2c1. The first-order valence-corrected chi connectivity index (χ1v) is 13.4. The lowest BCUT2D eigenvalue weighted by Gasteiger charge is -2.39. The third kappa shape index (κ3) is 4.06. The summed E-state index contributed by atoms with van der Waals surface area (Å²) in [4.78, 5) is 17.4. The molecule has 196 valence electrons. The minimum atomic E-state index is -0.385. The highest BCUT2D eigenvalue weighted by Gasteiger charge is 2.36. The number of fused-ring (bicyclic) bond motifs is 3. The molecule has 1 aromatic carbocycles. The van der Waals surface area contributed by atoms with Crippen LogP contribution in [0.1, 0.15) is 47.6 Å². The number of hydrogen-bond donors (Lipinski definition) is 0. The summed E-state index contributed by atoms with van der Waals surface area (Å²) in [6, 6.07) is 8.60. The standard InChI is InChI=1S/C31H33N3O4/c1-18-7-5-6-8-24(18)30(21-11-13-37-14-12-21)34-26-15-22(28-19(2)33-38-20(28)3)9-10-25(26)29-27(34)16-23(17-32-29)31(35)36-4/h5-10,15-18,21,24,30H,11-14H2,1-4H3. The number of aromatic nitrogens is 3. The lowest BCUT2D eigenvalue weighted by atomic mass is 9.75. The zero-order valence-electron chi connectivity index (χ0n) is 22.3. The van der Waals surface area contributed by atoms with Crippen LogP contribution in [0.2, 0.25) is 0 Å². The van der Waals surface area contributed by atoms with Crippen molar-refractivity contribution in [2.75, 3.05) is 20.3 Å². The Morgan fingerprint density at radius 2 is 1.89 bits per heavy atom. The van der Waals surface area contributed by atoms with E-state index in [4.69, 9.17) is 19.0 Å². The second-order valence-corrected chi connectivity index (χ2v) is 10.5. The van der Waals surface area contributed by atoms with Gasteiger partial charge in [-0.1, -0.05) is 48.5 Å². The summed E-state index contributed by atoms with van der Waals surface area (Å²) < 4.78 is 18.8. The number of rotatable bonds is 5. The van der Waals surface area contributed by atoms with Crippen LogP contribution in [-0.4, -0.2) is 41.0 Å². The van der Waals surface area contributed by atoms with Crippen molar-refractivity contribution in [3.8, 4) is 11.1 Å². The number of ether oxygens (including phenoxy) is 2. The highest BCUT2D eigenvalue weighted by atomic mass is 16.5. The highest BCUT2D eigenvalue weighted by molar-refractivity contribution is 6.08. The van der Waals surface area contributed by atoms with Gasteiger partial charge in [0, 0.05) is 42.3 Å². The van der Waals surface area contributed by atoms with E-state index in [1.54, 1.807) is 6.20 Å². The van der Waals surface area contributed by atoms with Crippen molar-refractivity contribution >= 4 is 27.9 Å². The quantitative estimate of drug-likeness (QED) is 0.281. The summed E-state index contributed by atoms with van der Waals surface area (Å²) in [5.74, 6) is 1.47. The number of carbonyl (C=O) groups is 1. The molecule has 7 heteroatoms. The molecule has 4 aromatic rings. The Bertz CT molecular complexity index is 1550. The van der Waals surface area contributed by atoms with Gasteiger partial charge in [0.25, 0.3) is 0 Å². The van der Waals surface area contributed by atoms with E-state index in [9.17, 15) is 4.79 Å². The predicted molar refractivity (Wildman–Crippen MR) is 147 cm³/mol. The van der Waals surface area contributed by atoms with Gasteiger partial charge in [0.05, 0.1) is 34.9 Å². The maximum atomic E-state index is 12.6. The Morgan fingerprint density at radius 3 is 2.61 bits per heavy atom. The normalized spacial score (nSPS) is 20.8. The molecule has 1 aliphatic heterocycles. The molecule has 2 aliphatic rings. The molecule has 3 atom stereocenters. The predicted octanol–water partition coefficient (Wildman–Crippen LogP) is 6.59. The second-order valence-electron chi connectivity index (χ2n) is 10.5. The number of carbonyl (C=O) groups excluding carboxylic acids is 1. The van der Waals surface area contributed by atoms with Gasteiger partial charge in [-0.25, -0.2) is 4.79 Å². The molecular formula is C31H33N3O4. The van der Waals surface area contributed by atoms with E-state index in [1.165, 1.54) is 7.11 Å². The van der Waals surface area contributed by atoms with Crippen LogP contribution in [0.4, 0.5) is 0 Å². The van der Waals surface area contributed by atoms with E-state index in [0.717, 1.165) is 70.6 Å². The fraction of sp³-hybridized carbons (Fsp3) is 0.387. The van der Waals surface area contributed by atoms with Crippen molar-refractivity contribution in [1.29, 1.82) is 0 Å². The minimum absolute atomic E-state index is 0.157. The average Bonchev–Trinajstić information content (AvgIpc) is 3.45. The van der Waals surface area contributed by atoms with Crippen LogP contribution in [-0.2, 0) is 9.47 Å². The molecule has 1 saturated heterocycles. The molecule has 0 radical (unpaired) electrons. The molecule has 4 heterocycles. The molecule has 0 N–H and O–H groups in total. The Labute approximate surface area is 222 Å².